The quantitative estimate of drug-likeness (QED) is 0.906. The largest absolute Gasteiger partial charge is 0.380 e. The fourth-order valence-corrected chi connectivity index (χ4v) is 3.81. The number of rotatable bonds is 4. The predicted octanol–water partition coefficient (Wildman–Crippen LogP) is 2.43. The van der Waals surface area contributed by atoms with Crippen LogP contribution in [0.25, 0.3) is 0 Å². The molecule has 1 fully saturated rings. The second kappa shape index (κ2) is 5.87. The molecule has 0 saturated heterocycles. The number of hydrogen-bond acceptors (Lipinski definition) is 3. The maximum Gasteiger partial charge on any atom is 0.241 e. The zero-order valence-electron chi connectivity index (χ0n) is 10.4. The third kappa shape index (κ3) is 3.34. The molecule has 0 bridgehead atoms. The van der Waals surface area contributed by atoms with Crippen molar-refractivity contribution in [1.82, 2.24) is 4.72 Å². The molecule has 1 N–H and O–H groups in total. The Labute approximate surface area is 120 Å². The molecule has 1 aromatic rings. The van der Waals surface area contributed by atoms with E-state index in [-0.39, 0.29) is 21.5 Å². The van der Waals surface area contributed by atoms with Gasteiger partial charge in [-0.2, -0.15) is 0 Å². The molecule has 2 atom stereocenters. The Balaban J connectivity index is 2.20. The standard InChI is InChI=1S/C12H15BrFNO3S/c1-18-12-4-2-3-11(12)15-19(16,17)8-5-6-9(13)10(14)7-8/h5-7,11-12,15H,2-4H2,1H3. The molecule has 0 spiro atoms. The molecule has 1 aromatic carbocycles. The Hall–Kier alpha value is -0.500. The van der Waals surface area contributed by atoms with Gasteiger partial charge in [0.2, 0.25) is 10.0 Å². The number of nitrogens with one attached hydrogen (secondary N) is 1. The van der Waals surface area contributed by atoms with Crippen LogP contribution in [0.5, 0.6) is 0 Å². The molecule has 2 rings (SSSR count). The fraction of sp³-hybridized carbons (Fsp3) is 0.500. The van der Waals surface area contributed by atoms with Gasteiger partial charge in [-0.15, -0.1) is 0 Å². The van der Waals surface area contributed by atoms with Crippen molar-refractivity contribution in [3.63, 3.8) is 0 Å². The predicted molar refractivity (Wildman–Crippen MR) is 72.9 cm³/mol. The number of halogens is 2. The zero-order chi connectivity index (χ0) is 14.0. The molecule has 1 aliphatic rings. The van der Waals surface area contributed by atoms with Gasteiger partial charge in [-0.3, -0.25) is 0 Å². The summed E-state index contributed by atoms with van der Waals surface area (Å²) in [7, 11) is -2.15. The second-order valence-corrected chi connectivity index (χ2v) is 7.08. The third-order valence-electron chi connectivity index (χ3n) is 3.26. The van der Waals surface area contributed by atoms with Gasteiger partial charge in [0.15, 0.2) is 0 Å². The normalized spacial score (nSPS) is 23.7. The molecule has 0 aromatic heterocycles. The first-order valence-corrected chi connectivity index (χ1v) is 8.22. The summed E-state index contributed by atoms with van der Waals surface area (Å²) in [5, 5.41) is 0. The SMILES string of the molecule is COC1CCCC1NS(=O)(=O)c1ccc(Br)c(F)c1. The van der Waals surface area contributed by atoms with E-state index in [2.05, 4.69) is 20.7 Å². The van der Waals surface area contributed by atoms with Crippen molar-refractivity contribution in [2.75, 3.05) is 7.11 Å². The Morgan fingerprint density at radius 3 is 2.79 bits per heavy atom. The summed E-state index contributed by atoms with van der Waals surface area (Å²) in [6.07, 6.45) is 2.37. The summed E-state index contributed by atoms with van der Waals surface area (Å²) in [6.45, 7) is 0. The lowest BCUT2D eigenvalue weighted by Crippen LogP contribution is -2.40. The highest BCUT2D eigenvalue weighted by Gasteiger charge is 2.31. The first-order chi connectivity index (χ1) is 8.94. The van der Waals surface area contributed by atoms with Gasteiger partial charge in [0.25, 0.3) is 0 Å². The van der Waals surface area contributed by atoms with Crippen LogP contribution in [-0.2, 0) is 14.8 Å². The number of benzene rings is 1. The van der Waals surface area contributed by atoms with Crippen molar-refractivity contribution in [3.05, 3.63) is 28.5 Å². The highest BCUT2D eigenvalue weighted by Crippen LogP contribution is 2.24. The van der Waals surface area contributed by atoms with E-state index in [1.807, 2.05) is 0 Å². The minimum absolute atomic E-state index is 0.0741. The molecule has 1 aliphatic carbocycles. The molecular formula is C12H15BrFNO3S. The van der Waals surface area contributed by atoms with Crippen LogP contribution in [-0.4, -0.2) is 27.7 Å². The number of hydrogen-bond donors (Lipinski definition) is 1. The summed E-state index contributed by atoms with van der Waals surface area (Å²) in [6, 6.07) is 3.50. The van der Waals surface area contributed by atoms with Crippen LogP contribution in [0.15, 0.2) is 27.6 Å². The molecule has 1 saturated carbocycles. The maximum atomic E-state index is 13.4. The van der Waals surface area contributed by atoms with Gasteiger partial charge in [-0.05, 0) is 53.4 Å². The highest BCUT2D eigenvalue weighted by molar-refractivity contribution is 9.10. The summed E-state index contributed by atoms with van der Waals surface area (Å²) in [5.74, 6) is -0.599. The Morgan fingerprint density at radius 2 is 2.16 bits per heavy atom. The molecule has 0 amide bonds. The molecule has 0 radical (unpaired) electrons. The number of methoxy groups -OCH3 is 1. The lowest BCUT2D eigenvalue weighted by Gasteiger charge is -2.19. The number of ether oxygens (including phenoxy) is 1. The van der Waals surface area contributed by atoms with Gasteiger partial charge in [-0.1, -0.05) is 0 Å². The Morgan fingerprint density at radius 1 is 1.42 bits per heavy atom. The van der Waals surface area contributed by atoms with Gasteiger partial charge < -0.3 is 4.74 Å². The van der Waals surface area contributed by atoms with E-state index >= 15 is 0 Å². The topological polar surface area (TPSA) is 55.4 Å². The summed E-state index contributed by atoms with van der Waals surface area (Å²) < 4.78 is 45.8. The summed E-state index contributed by atoms with van der Waals surface area (Å²) >= 11 is 2.99. The molecule has 19 heavy (non-hydrogen) atoms. The van der Waals surface area contributed by atoms with Crippen LogP contribution in [0.2, 0.25) is 0 Å². The minimum atomic E-state index is -3.72. The van der Waals surface area contributed by atoms with Crippen LogP contribution in [0.1, 0.15) is 19.3 Å². The molecule has 106 valence electrons. The van der Waals surface area contributed by atoms with Gasteiger partial charge in [-0.25, -0.2) is 17.5 Å². The lowest BCUT2D eigenvalue weighted by molar-refractivity contribution is 0.0916. The lowest BCUT2D eigenvalue weighted by atomic mass is 10.2. The summed E-state index contributed by atoms with van der Waals surface area (Å²) in [4.78, 5) is -0.0741. The maximum absolute atomic E-state index is 13.4. The van der Waals surface area contributed by atoms with E-state index in [4.69, 9.17) is 4.74 Å². The van der Waals surface area contributed by atoms with E-state index in [0.717, 1.165) is 25.3 Å². The molecule has 7 heteroatoms. The minimum Gasteiger partial charge on any atom is -0.380 e. The Bertz CT molecular complexity index is 564. The molecule has 2 unspecified atom stereocenters. The van der Waals surface area contributed by atoms with Crippen molar-refractivity contribution in [2.45, 2.75) is 36.3 Å². The van der Waals surface area contributed by atoms with Crippen LogP contribution in [0.4, 0.5) is 4.39 Å². The zero-order valence-corrected chi connectivity index (χ0v) is 12.8. The van der Waals surface area contributed by atoms with E-state index in [1.54, 1.807) is 7.11 Å². The van der Waals surface area contributed by atoms with Crippen molar-refractivity contribution >= 4 is 26.0 Å². The second-order valence-electron chi connectivity index (χ2n) is 4.51. The molecule has 0 heterocycles. The average Bonchev–Trinajstić information content (AvgIpc) is 2.79. The first-order valence-electron chi connectivity index (χ1n) is 5.94. The van der Waals surface area contributed by atoms with Crippen LogP contribution in [0.3, 0.4) is 0 Å². The van der Waals surface area contributed by atoms with E-state index in [9.17, 15) is 12.8 Å². The van der Waals surface area contributed by atoms with E-state index < -0.39 is 15.8 Å². The smallest absolute Gasteiger partial charge is 0.241 e. The summed E-state index contributed by atoms with van der Waals surface area (Å²) in [5.41, 5.74) is 0. The van der Waals surface area contributed by atoms with Gasteiger partial charge in [0.05, 0.1) is 15.5 Å². The van der Waals surface area contributed by atoms with Crippen LogP contribution >= 0.6 is 15.9 Å². The molecule has 0 aliphatic heterocycles. The average molecular weight is 352 g/mol. The third-order valence-corrected chi connectivity index (χ3v) is 5.39. The van der Waals surface area contributed by atoms with Crippen LogP contribution in [0, 0.1) is 5.82 Å². The fourth-order valence-electron chi connectivity index (χ4n) is 2.25. The molecular weight excluding hydrogens is 337 g/mol. The van der Waals surface area contributed by atoms with Crippen LogP contribution < -0.4 is 4.72 Å². The van der Waals surface area contributed by atoms with Gasteiger partial charge >= 0.3 is 0 Å². The highest BCUT2D eigenvalue weighted by atomic mass is 79.9. The molecule has 4 nitrogen and oxygen atoms in total. The Kier molecular flexibility index (Phi) is 4.60. The number of sulfonamides is 1. The monoisotopic (exact) mass is 351 g/mol. The van der Waals surface area contributed by atoms with Crippen molar-refractivity contribution in [1.29, 1.82) is 0 Å². The van der Waals surface area contributed by atoms with E-state index in [1.165, 1.54) is 12.1 Å². The van der Waals surface area contributed by atoms with Crippen molar-refractivity contribution in [3.8, 4) is 0 Å². The van der Waals surface area contributed by atoms with Gasteiger partial charge in [0.1, 0.15) is 5.82 Å². The van der Waals surface area contributed by atoms with Crippen molar-refractivity contribution < 1.29 is 17.5 Å². The van der Waals surface area contributed by atoms with Gasteiger partial charge in [0, 0.05) is 13.2 Å². The van der Waals surface area contributed by atoms with E-state index in [0.29, 0.717) is 0 Å². The first kappa shape index (κ1) is 14.9. The van der Waals surface area contributed by atoms with Crippen molar-refractivity contribution in [2.24, 2.45) is 0 Å².